The summed E-state index contributed by atoms with van der Waals surface area (Å²) >= 11 is 7.11. The second kappa shape index (κ2) is 10.8. The molecule has 10 nitrogen and oxygen atoms in total. The number of ether oxygens (including phenoxy) is 1. The van der Waals surface area contributed by atoms with Crippen molar-refractivity contribution in [2.24, 2.45) is 0 Å². The van der Waals surface area contributed by atoms with Crippen molar-refractivity contribution in [2.75, 3.05) is 51.3 Å². The minimum absolute atomic E-state index is 0.0243. The van der Waals surface area contributed by atoms with Crippen molar-refractivity contribution < 1.29 is 14.3 Å². The molecule has 41 heavy (non-hydrogen) atoms. The van der Waals surface area contributed by atoms with Gasteiger partial charge in [0.2, 0.25) is 11.8 Å². The van der Waals surface area contributed by atoms with E-state index in [4.69, 9.17) is 21.4 Å². The number of rotatable bonds is 6. The van der Waals surface area contributed by atoms with Gasteiger partial charge in [0.25, 0.3) is 0 Å². The molecule has 2 aliphatic heterocycles. The second-order valence-electron chi connectivity index (χ2n) is 11.7. The molecule has 6 rings (SSSR count). The van der Waals surface area contributed by atoms with E-state index in [9.17, 15) is 9.59 Å². The van der Waals surface area contributed by atoms with Gasteiger partial charge in [-0.1, -0.05) is 18.2 Å². The quantitative estimate of drug-likeness (QED) is 0.438. The molecule has 4 heterocycles. The number of piperidine rings is 1. The van der Waals surface area contributed by atoms with Crippen LogP contribution >= 0.6 is 11.6 Å². The molecule has 3 fully saturated rings. The molecule has 1 aliphatic carbocycles. The average molecular weight is 580 g/mol. The summed E-state index contributed by atoms with van der Waals surface area (Å²) in [5.74, 6) is 0.924. The molecule has 0 bridgehead atoms. The van der Waals surface area contributed by atoms with Crippen LogP contribution in [0.15, 0.2) is 24.9 Å². The Labute approximate surface area is 245 Å². The molecule has 0 radical (unpaired) electrons. The van der Waals surface area contributed by atoms with Crippen molar-refractivity contribution in [2.45, 2.75) is 57.5 Å². The zero-order valence-corrected chi connectivity index (χ0v) is 24.8. The van der Waals surface area contributed by atoms with Crippen molar-refractivity contribution in [1.29, 1.82) is 0 Å². The number of aryl methyl sites for hydroxylation is 1. The highest BCUT2D eigenvalue weighted by molar-refractivity contribution is 6.36. The third-order valence-electron chi connectivity index (χ3n) is 9.35. The van der Waals surface area contributed by atoms with Gasteiger partial charge in [-0.15, -0.1) is 0 Å². The lowest BCUT2D eigenvalue weighted by atomic mass is 9.73. The fraction of sp³-hybridized carbons (Fsp3) is 0.533. The summed E-state index contributed by atoms with van der Waals surface area (Å²) in [4.78, 5) is 31.3. The van der Waals surface area contributed by atoms with Gasteiger partial charge in [0.15, 0.2) is 5.82 Å². The topological polar surface area (TPSA) is 99.6 Å². The number of likely N-dealkylation sites (tertiary alicyclic amines) is 1. The maximum atomic E-state index is 12.8. The zero-order valence-electron chi connectivity index (χ0n) is 24.1. The average Bonchev–Trinajstić information content (AvgIpc) is 3.56. The monoisotopic (exact) mass is 579 g/mol. The van der Waals surface area contributed by atoms with Gasteiger partial charge in [-0.3, -0.25) is 19.4 Å². The summed E-state index contributed by atoms with van der Waals surface area (Å²) < 4.78 is 7.33. The van der Waals surface area contributed by atoms with E-state index in [-0.39, 0.29) is 30.0 Å². The highest BCUT2D eigenvalue weighted by Crippen LogP contribution is 2.49. The molecular formula is C30H38ClN7O3. The summed E-state index contributed by atoms with van der Waals surface area (Å²) in [6.45, 7) is 11.2. The fourth-order valence-corrected chi connectivity index (χ4v) is 7.25. The Hall–Kier alpha value is -3.37. The zero-order chi connectivity index (χ0) is 28.9. The minimum Gasteiger partial charge on any atom is -0.375 e. The number of hydrogen-bond acceptors (Lipinski definition) is 6. The van der Waals surface area contributed by atoms with E-state index in [0.717, 1.165) is 71.2 Å². The predicted octanol–water partition coefficient (Wildman–Crippen LogP) is 4.26. The first-order valence-corrected chi connectivity index (χ1v) is 14.8. The van der Waals surface area contributed by atoms with Gasteiger partial charge in [-0.2, -0.15) is 10.2 Å². The van der Waals surface area contributed by atoms with Crippen LogP contribution in [0.4, 0.5) is 5.82 Å². The molecule has 1 aromatic carbocycles. The first-order chi connectivity index (χ1) is 19.8. The van der Waals surface area contributed by atoms with E-state index in [2.05, 4.69) is 33.3 Å². The molecule has 2 amide bonds. The number of fused-ring (bicyclic) bond motifs is 1. The number of carbonyl (C=O) groups is 2. The molecule has 1 saturated carbocycles. The van der Waals surface area contributed by atoms with E-state index in [1.807, 2.05) is 29.0 Å². The molecule has 2 aromatic heterocycles. The van der Waals surface area contributed by atoms with Crippen LogP contribution in [-0.4, -0.2) is 93.6 Å². The number of hydrogen-bond donors (Lipinski definition) is 1. The SMILES string of the molecule is C=CC(=O)N1CCC(n2nc(N3CCN(C(=O)COC)CC34CCC4)c(-c3c(Cl)c(C)cc4[nH]ncc34)c2C)CC1. The molecule has 11 heteroatoms. The highest BCUT2D eigenvalue weighted by Gasteiger charge is 2.49. The molecular weight excluding hydrogens is 542 g/mol. The van der Waals surface area contributed by atoms with Gasteiger partial charge in [0.05, 0.1) is 28.3 Å². The number of nitrogens with zero attached hydrogens (tertiary/aromatic N) is 6. The molecule has 3 aromatic rings. The number of aromatic nitrogens is 4. The molecule has 0 atom stereocenters. The standard InChI is InChI=1S/C30H38ClN7O3/c1-5-24(39)35-11-7-21(8-12-35)38-20(3)26(27-22-16-32-33-23(22)15-19(2)28(27)31)29(34-38)37-14-13-36(25(40)17-41-4)18-30(37)9-6-10-30/h5,15-16,21H,1,6-14,17-18H2,2-4H3,(H,32,33). The second-order valence-corrected chi connectivity index (χ2v) is 12.1. The van der Waals surface area contributed by atoms with Crippen molar-refractivity contribution in [1.82, 2.24) is 29.8 Å². The van der Waals surface area contributed by atoms with Crippen LogP contribution in [-0.2, 0) is 14.3 Å². The van der Waals surface area contributed by atoms with Gasteiger partial charge in [-0.05, 0) is 63.7 Å². The molecule has 3 aliphatic rings. The number of halogens is 1. The van der Waals surface area contributed by atoms with Crippen molar-refractivity contribution in [3.8, 4) is 11.1 Å². The maximum absolute atomic E-state index is 12.8. The van der Waals surface area contributed by atoms with E-state index in [1.54, 1.807) is 7.11 Å². The van der Waals surface area contributed by atoms with Gasteiger partial charge in [0, 0.05) is 62.0 Å². The predicted molar refractivity (Wildman–Crippen MR) is 159 cm³/mol. The van der Waals surface area contributed by atoms with E-state index in [0.29, 0.717) is 37.7 Å². The van der Waals surface area contributed by atoms with Crippen LogP contribution in [0.1, 0.15) is 49.4 Å². The number of aromatic amines is 1. The fourth-order valence-electron chi connectivity index (χ4n) is 6.99. The summed E-state index contributed by atoms with van der Waals surface area (Å²) in [6.07, 6.45) is 7.98. The van der Waals surface area contributed by atoms with Gasteiger partial charge < -0.3 is 19.4 Å². The van der Waals surface area contributed by atoms with Gasteiger partial charge in [0.1, 0.15) is 6.61 Å². The number of piperazine rings is 1. The smallest absolute Gasteiger partial charge is 0.248 e. The van der Waals surface area contributed by atoms with Crippen molar-refractivity contribution in [3.63, 3.8) is 0 Å². The summed E-state index contributed by atoms with van der Waals surface area (Å²) in [5.41, 5.74) is 4.76. The van der Waals surface area contributed by atoms with Crippen LogP contribution < -0.4 is 4.90 Å². The first kappa shape index (κ1) is 27.8. The molecule has 218 valence electrons. The molecule has 1 spiro atoms. The Morgan fingerprint density at radius 2 is 1.93 bits per heavy atom. The summed E-state index contributed by atoms with van der Waals surface area (Å²) in [6, 6.07) is 2.19. The number of methoxy groups -OCH3 is 1. The maximum Gasteiger partial charge on any atom is 0.248 e. The number of nitrogens with one attached hydrogen (secondary N) is 1. The van der Waals surface area contributed by atoms with Crippen molar-refractivity contribution >= 4 is 40.1 Å². The number of carbonyl (C=O) groups excluding carboxylic acids is 2. The minimum atomic E-state index is -0.173. The molecule has 0 unspecified atom stereocenters. The first-order valence-electron chi connectivity index (χ1n) is 14.5. The Balaban J connectivity index is 1.46. The lowest BCUT2D eigenvalue weighted by Crippen LogP contribution is -2.67. The number of benzene rings is 1. The molecule has 2 saturated heterocycles. The highest BCUT2D eigenvalue weighted by atomic mass is 35.5. The Morgan fingerprint density at radius 1 is 1.17 bits per heavy atom. The third-order valence-corrected chi connectivity index (χ3v) is 9.84. The Bertz CT molecular complexity index is 1500. The normalized spacial score (nSPS) is 19.2. The van der Waals surface area contributed by atoms with Gasteiger partial charge in [-0.25, -0.2) is 0 Å². The summed E-state index contributed by atoms with van der Waals surface area (Å²) in [7, 11) is 1.56. The van der Waals surface area contributed by atoms with Crippen LogP contribution in [0, 0.1) is 13.8 Å². The van der Waals surface area contributed by atoms with Crippen LogP contribution in [0.5, 0.6) is 0 Å². The Morgan fingerprint density at radius 3 is 2.59 bits per heavy atom. The summed E-state index contributed by atoms with van der Waals surface area (Å²) in [5, 5.41) is 14.5. The van der Waals surface area contributed by atoms with E-state index < -0.39 is 0 Å². The van der Waals surface area contributed by atoms with Crippen LogP contribution in [0.3, 0.4) is 0 Å². The van der Waals surface area contributed by atoms with E-state index in [1.165, 1.54) is 6.08 Å². The van der Waals surface area contributed by atoms with Gasteiger partial charge >= 0.3 is 0 Å². The molecule has 1 N–H and O–H groups in total. The largest absolute Gasteiger partial charge is 0.375 e. The van der Waals surface area contributed by atoms with E-state index >= 15 is 0 Å². The van der Waals surface area contributed by atoms with Crippen molar-refractivity contribution in [3.05, 3.63) is 41.2 Å². The van der Waals surface area contributed by atoms with Crippen LogP contribution in [0.2, 0.25) is 5.02 Å². The lowest BCUT2D eigenvalue weighted by molar-refractivity contribution is -0.137. The number of H-pyrrole nitrogens is 1. The number of anilines is 1. The van der Waals surface area contributed by atoms with Crippen LogP contribution in [0.25, 0.3) is 22.0 Å². The lowest BCUT2D eigenvalue weighted by Gasteiger charge is -2.56. The number of amides is 2. The Kier molecular flexibility index (Phi) is 7.32. The third kappa shape index (κ3) is 4.61.